The smallest absolute Gasteiger partial charge is 0.253 e. The summed E-state index contributed by atoms with van der Waals surface area (Å²) in [4.78, 5) is 19.4. The zero-order valence-corrected chi connectivity index (χ0v) is 15.5. The molecule has 1 amide bonds. The maximum Gasteiger partial charge on any atom is 0.253 e. The standard InChI is InChI=1S/C20H31N3O2/c1-21(2)12-16-11-17(15-24)14-23(13-16)20(25)18-5-7-19(8-6-18)22-9-3-4-10-22/h5-8,16-17,24H,3-4,9-15H2,1-2H3/t16-,17-/m1/s1. The van der Waals surface area contributed by atoms with Crippen LogP contribution in [0.4, 0.5) is 5.69 Å². The highest BCUT2D eigenvalue weighted by Gasteiger charge is 2.30. The summed E-state index contributed by atoms with van der Waals surface area (Å²) < 4.78 is 0. The molecule has 0 aliphatic carbocycles. The van der Waals surface area contributed by atoms with E-state index in [-0.39, 0.29) is 18.4 Å². The van der Waals surface area contributed by atoms with Gasteiger partial charge >= 0.3 is 0 Å². The highest BCUT2D eigenvalue weighted by atomic mass is 16.3. The zero-order valence-electron chi connectivity index (χ0n) is 15.5. The Kier molecular flexibility index (Phi) is 5.97. The van der Waals surface area contributed by atoms with E-state index in [4.69, 9.17) is 0 Å². The molecule has 5 nitrogen and oxygen atoms in total. The van der Waals surface area contributed by atoms with Crippen molar-refractivity contribution in [3.8, 4) is 0 Å². The average Bonchev–Trinajstić information content (AvgIpc) is 3.15. The van der Waals surface area contributed by atoms with Crippen molar-refractivity contribution in [2.75, 3.05) is 58.3 Å². The number of anilines is 1. The first-order chi connectivity index (χ1) is 12.1. The van der Waals surface area contributed by atoms with E-state index in [2.05, 4.69) is 36.0 Å². The number of nitrogens with zero attached hydrogens (tertiary/aromatic N) is 3. The minimum Gasteiger partial charge on any atom is -0.396 e. The summed E-state index contributed by atoms with van der Waals surface area (Å²) in [6, 6.07) is 8.06. The summed E-state index contributed by atoms with van der Waals surface area (Å²) in [6.45, 7) is 4.78. The first kappa shape index (κ1) is 18.2. The van der Waals surface area contributed by atoms with Crippen molar-refractivity contribution in [2.45, 2.75) is 19.3 Å². The van der Waals surface area contributed by atoms with Gasteiger partial charge in [-0.25, -0.2) is 0 Å². The number of benzene rings is 1. The summed E-state index contributed by atoms with van der Waals surface area (Å²) in [6.07, 6.45) is 3.50. The van der Waals surface area contributed by atoms with Crippen LogP contribution in [0.1, 0.15) is 29.6 Å². The summed E-state index contributed by atoms with van der Waals surface area (Å²) in [5, 5.41) is 9.61. The van der Waals surface area contributed by atoms with Crippen molar-refractivity contribution in [2.24, 2.45) is 11.8 Å². The molecule has 2 fully saturated rings. The lowest BCUT2D eigenvalue weighted by Crippen LogP contribution is -2.47. The molecule has 3 rings (SSSR count). The second-order valence-corrected chi connectivity index (χ2v) is 7.86. The lowest BCUT2D eigenvalue weighted by molar-refractivity contribution is 0.0478. The molecule has 138 valence electrons. The molecular weight excluding hydrogens is 314 g/mol. The van der Waals surface area contributed by atoms with Crippen LogP contribution in [-0.4, -0.2) is 74.2 Å². The molecule has 0 spiro atoms. The van der Waals surface area contributed by atoms with E-state index in [0.717, 1.165) is 38.2 Å². The van der Waals surface area contributed by atoms with Gasteiger partial charge in [-0.2, -0.15) is 0 Å². The number of carbonyl (C=O) groups is 1. The summed E-state index contributed by atoms with van der Waals surface area (Å²) in [7, 11) is 4.12. The molecule has 25 heavy (non-hydrogen) atoms. The minimum absolute atomic E-state index is 0.0925. The van der Waals surface area contributed by atoms with Gasteiger partial charge in [0.2, 0.25) is 0 Å². The van der Waals surface area contributed by atoms with E-state index in [1.165, 1.54) is 18.5 Å². The van der Waals surface area contributed by atoms with Crippen molar-refractivity contribution < 1.29 is 9.90 Å². The fourth-order valence-electron chi connectivity index (χ4n) is 4.24. The number of carbonyl (C=O) groups excluding carboxylic acids is 1. The Labute approximate surface area is 151 Å². The van der Waals surface area contributed by atoms with E-state index in [9.17, 15) is 9.90 Å². The highest BCUT2D eigenvalue weighted by Crippen LogP contribution is 2.25. The fourth-order valence-corrected chi connectivity index (χ4v) is 4.24. The van der Waals surface area contributed by atoms with Crippen LogP contribution in [0.5, 0.6) is 0 Å². The predicted molar refractivity (Wildman–Crippen MR) is 101 cm³/mol. The van der Waals surface area contributed by atoms with Crippen LogP contribution in [0.25, 0.3) is 0 Å². The number of aliphatic hydroxyl groups excluding tert-OH is 1. The normalized spacial score (nSPS) is 24.2. The maximum atomic E-state index is 12.9. The van der Waals surface area contributed by atoms with Crippen molar-refractivity contribution >= 4 is 11.6 Å². The molecule has 0 saturated carbocycles. The Balaban J connectivity index is 1.67. The van der Waals surface area contributed by atoms with Crippen LogP contribution in [-0.2, 0) is 0 Å². The molecule has 0 aromatic heterocycles. The molecule has 2 atom stereocenters. The largest absolute Gasteiger partial charge is 0.396 e. The van der Waals surface area contributed by atoms with Crippen molar-refractivity contribution in [1.82, 2.24) is 9.80 Å². The minimum atomic E-state index is 0.0925. The number of likely N-dealkylation sites (tertiary alicyclic amines) is 1. The number of piperidine rings is 1. The molecule has 0 radical (unpaired) electrons. The topological polar surface area (TPSA) is 47.0 Å². The van der Waals surface area contributed by atoms with Crippen LogP contribution in [0.3, 0.4) is 0 Å². The first-order valence-corrected chi connectivity index (χ1v) is 9.46. The SMILES string of the molecule is CN(C)C[C@H]1C[C@@H](CO)CN(C(=O)c2ccc(N3CCCC3)cc2)C1. The zero-order chi connectivity index (χ0) is 17.8. The van der Waals surface area contributed by atoms with Crippen molar-refractivity contribution in [1.29, 1.82) is 0 Å². The third-order valence-corrected chi connectivity index (χ3v) is 5.38. The highest BCUT2D eigenvalue weighted by molar-refractivity contribution is 5.94. The van der Waals surface area contributed by atoms with Crippen LogP contribution in [0, 0.1) is 11.8 Å². The van der Waals surface area contributed by atoms with Gasteiger partial charge in [-0.05, 0) is 69.5 Å². The molecule has 2 aliphatic heterocycles. The number of rotatable bonds is 5. The lowest BCUT2D eigenvalue weighted by atomic mass is 9.89. The van der Waals surface area contributed by atoms with E-state index < -0.39 is 0 Å². The van der Waals surface area contributed by atoms with Gasteiger partial charge in [0.15, 0.2) is 0 Å². The Bertz CT molecular complexity index is 567. The molecule has 5 heteroatoms. The molecule has 0 bridgehead atoms. The van der Waals surface area contributed by atoms with Gasteiger partial charge in [0, 0.05) is 50.6 Å². The molecular formula is C20H31N3O2. The maximum absolute atomic E-state index is 12.9. The van der Waals surface area contributed by atoms with Gasteiger partial charge < -0.3 is 19.8 Å². The van der Waals surface area contributed by atoms with Gasteiger partial charge in [0.05, 0.1) is 0 Å². The molecule has 1 aromatic rings. The van der Waals surface area contributed by atoms with Crippen LogP contribution in [0.15, 0.2) is 24.3 Å². The lowest BCUT2D eigenvalue weighted by Gasteiger charge is -2.38. The van der Waals surface area contributed by atoms with Gasteiger partial charge in [-0.1, -0.05) is 0 Å². The van der Waals surface area contributed by atoms with Crippen LogP contribution in [0.2, 0.25) is 0 Å². The summed E-state index contributed by atoms with van der Waals surface area (Å²) in [5.74, 6) is 0.704. The number of hydrogen-bond acceptors (Lipinski definition) is 4. The molecule has 1 aromatic carbocycles. The summed E-state index contributed by atoms with van der Waals surface area (Å²) in [5.41, 5.74) is 1.97. The fraction of sp³-hybridized carbons (Fsp3) is 0.650. The third kappa shape index (κ3) is 4.53. The monoisotopic (exact) mass is 345 g/mol. The Morgan fingerprint density at radius 2 is 1.76 bits per heavy atom. The number of hydrogen-bond donors (Lipinski definition) is 1. The number of amides is 1. The molecule has 2 saturated heterocycles. The van der Waals surface area contributed by atoms with Gasteiger partial charge in [0.25, 0.3) is 5.91 Å². The first-order valence-electron chi connectivity index (χ1n) is 9.46. The predicted octanol–water partition coefficient (Wildman–Crippen LogP) is 1.92. The second-order valence-electron chi connectivity index (χ2n) is 7.86. The van der Waals surface area contributed by atoms with Gasteiger partial charge in [0.1, 0.15) is 0 Å². The Hall–Kier alpha value is -1.59. The molecule has 1 N–H and O–H groups in total. The molecule has 2 aliphatic rings. The van der Waals surface area contributed by atoms with Gasteiger partial charge in [-0.3, -0.25) is 4.79 Å². The van der Waals surface area contributed by atoms with E-state index in [1.807, 2.05) is 17.0 Å². The average molecular weight is 345 g/mol. The van der Waals surface area contributed by atoms with Gasteiger partial charge in [-0.15, -0.1) is 0 Å². The van der Waals surface area contributed by atoms with Crippen molar-refractivity contribution in [3.05, 3.63) is 29.8 Å². The quantitative estimate of drug-likeness (QED) is 0.886. The molecule has 2 heterocycles. The van der Waals surface area contributed by atoms with E-state index in [1.54, 1.807) is 0 Å². The Morgan fingerprint density at radius 1 is 1.12 bits per heavy atom. The van der Waals surface area contributed by atoms with E-state index in [0.29, 0.717) is 12.5 Å². The summed E-state index contributed by atoms with van der Waals surface area (Å²) >= 11 is 0. The van der Waals surface area contributed by atoms with Crippen LogP contribution < -0.4 is 4.90 Å². The number of aliphatic hydroxyl groups is 1. The third-order valence-electron chi connectivity index (χ3n) is 5.38. The molecule has 0 unspecified atom stereocenters. The van der Waals surface area contributed by atoms with Crippen LogP contribution >= 0.6 is 0 Å². The second kappa shape index (κ2) is 8.19. The van der Waals surface area contributed by atoms with Crippen molar-refractivity contribution in [3.63, 3.8) is 0 Å². The Morgan fingerprint density at radius 3 is 2.36 bits per heavy atom. The van der Waals surface area contributed by atoms with E-state index >= 15 is 0 Å².